The number of hydrogen-bond acceptors (Lipinski definition) is 2. The zero-order valence-corrected chi connectivity index (χ0v) is 11.0. The van der Waals surface area contributed by atoms with Crippen LogP contribution in [0.5, 0.6) is 0 Å². The molecule has 1 saturated heterocycles. The highest BCUT2D eigenvalue weighted by Gasteiger charge is 2.37. The molecule has 1 unspecified atom stereocenters. The lowest BCUT2D eigenvalue weighted by molar-refractivity contribution is -0.140. The third-order valence-electron chi connectivity index (χ3n) is 3.29. The SMILES string of the molecule is CC1C(=O)NCCN1C(=O)c1cccc(C(F)(F)F)c1F. The van der Waals surface area contributed by atoms with Crippen LogP contribution in [0.1, 0.15) is 22.8 Å². The second kappa shape index (κ2) is 5.34. The highest BCUT2D eigenvalue weighted by Crippen LogP contribution is 2.32. The van der Waals surface area contributed by atoms with E-state index in [0.717, 1.165) is 17.0 Å². The maximum absolute atomic E-state index is 13.9. The maximum Gasteiger partial charge on any atom is 0.419 e. The minimum absolute atomic E-state index is 0.113. The number of amides is 2. The molecule has 1 aromatic rings. The van der Waals surface area contributed by atoms with Crippen LogP contribution < -0.4 is 5.32 Å². The normalized spacial score (nSPS) is 19.4. The topological polar surface area (TPSA) is 49.4 Å². The second-order valence-corrected chi connectivity index (χ2v) is 4.63. The summed E-state index contributed by atoms with van der Waals surface area (Å²) in [6.07, 6.45) is -4.88. The van der Waals surface area contributed by atoms with E-state index in [0.29, 0.717) is 6.07 Å². The van der Waals surface area contributed by atoms with Gasteiger partial charge in [-0.3, -0.25) is 9.59 Å². The van der Waals surface area contributed by atoms with Crippen molar-refractivity contribution >= 4 is 11.8 Å². The number of benzene rings is 1. The Morgan fingerprint density at radius 1 is 1.38 bits per heavy atom. The predicted molar refractivity (Wildman–Crippen MR) is 64.9 cm³/mol. The van der Waals surface area contributed by atoms with Crippen LogP contribution in [0, 0.1) is 5.82 Å². The van der Waals surface area contributed by atoms with Crippen molar-refractivity contribution in [3.63, 3.8) is 0 Å². The van der Waals surface area contributed by atoms with Crippen molar-refractivity contribution in [2.24, 2.45) is 0 Å². The van der Waals surface area contributed by atoms with Crippen LogP contribution in [0.25, 0.3) is 0 Å². The van der Waals surface area contributed by atoms with Crippen LogP contribution in [0.3, 0.4) is 0 Å². The third-order valence-corrected chi connectivity index (χ3v) is 3.29. The van der Waals surface area contributed by atoms with Gasteiger partial charge in [-0.25, -0.2) is 4.39 Å². The van der Waals surface area contributed by atoms with Gasteiger partial charge in [0.2, 0.25) is 5.91 Å². The smallest absolute Gasteiger partial charge is 0.353 e. The molecule has 8 heteroatoms. The Morgan fingerprint density at radius 2 is 2.05 bits per heavy atom. The van der Waals surface area contributed by atoms with E-state index in [1.165, 1.54) is 6.92 Å². The summed E-state index contributed by atoms with van der Waals surface area (Å²) < 4.78 is 51.9. The summed E-state index contributed by atoms with van der Waals surface area (Å²) in [4.78, 5) is 24.7. The molecule has 0 bridgehead atoms. The molecule has 1 aromatic carbocycles. The fraction of sp³-hybridized carbons (Fsp3) is 0.385. The van der Waals surface area contributed by atoms with Crippen LogP contribution in [-0.2, 0) is 11.0 Å². The summed E-state index contributed by atoms with van der Waals surface area (Å²) in [6, 6.07) is 1.65. The van der Waals surface area contributed by atoms with Gasteiger partial charge >= 0.3 is 6.18 Å². The minimum Gasteiger partial charge on any atom is -0.353 e. The number of piperazine rings is 1. The summed E-state index contributed by atoms with van der Waals surface area (Å²) >= 11 is 0. The molecule has 0 aromatic heterocycles. The van der Waals surface area contributed by atoms with Crippen LogP contribution in [0.2, 0.25) is 0 Å². The molecule has 0 spiro atoms. The molecule has 2 rings (SSSR count). The third kappa shape index (κ3) is 2.84. The van der Waals surface area contributed by atoms with Gasteiger partial charge in [0.1, 0.15) is 11.9 Å². The molecule has 1 heterocycles. The predicted octanol–water partition coefficient (Wildman–Crippen LogP) is 1.80. The van der Waals surface area contributed by atoms with Crippen molar-refractivity contribution in [1.29, 1.82) is 0 Å². The van der Waals surface area contributed by atoms with Crippen LogP contribution in [-0.4, -0.2) is 35.8 Å². The first-order chi connectivity index (χ1) is 9.73. The Labute approximate surface area is 117 Å². The van der Waals surface area contributed by atoms with E-state index in [-0.39, 0.29) is 13.1 Å². The first kappa shape index (κ1) is 15.3. The second-order valence-electron chi connectivity index (χ2n) is 4.63. The fourth-order valence-electron chi connectivity index (χ4n) is 2.13. The van der Waals surface area contributed by atoms with Crippen LogP contribution in [0.4, 0.5) is 17.6 Å². The number of carbonyl (C=O) groups is 2. The molecule has 1 fully saturated rings. The number of halogens is 4. The quantitative estimate of drug-likeness (QED) is 0.804. The number of carbonyl (C=O) groups excluding carboxylic acids is 2. The Balaban J connectivity index is 2.38. The highest BCUT2D eigenvalue weighted by molar-refractivity contribution is 5.98. The van der Waals surface area contributed by atoms with Gasteiger partial charge in [0.25, 0.3) is 5.91 Å². The van der Waals surface area contributed by atoms with Gasteiger partial charge in [0.05, 0.1) is 11.1 Å². The lowest BCUT2D eigenvalue weighted by Crippen LogP contribution is -2.56. The lowest BCUT2D eigenvalue weighted by atomic mass is 10.1. The van der Waals surface area contributed by atoms with Crippen LogP contribution in [0.15, 0.2) is 18.2 Å². The Morgan fingerprint density at radius 3 is 2.67 bits per heavy atom. The van der Waals surface area contributed by atoms with E-state index in [4.69, 9.17) is 0 Å². The summed E-state index contributed by atoms with van der Waals surface area (Å²) in [5.74, 6) is -2.98. The van der Waals surface area contributed by atoms with Crippen molar-refractivity contribution in [1.82, 2.24) is 10.2 Å². The summed E-state index contributed by atoms with van der Waals surface area (Å²) in [5.41, 5.74) is -2.19. The van der Waals surface area contributed by atoms with Gasteiger partial charge in [0.15, 0.2) is 0 Å². The minimum atomic E-state index is -4.88. The van der Waals surface area contributed by atoms with E-state index in [1.807, 2.05) is 0 Å². The average molecular weight is 304 g/mol. The summed E-state index contributed by atoms with van der Waals surface area (Å²) in [5, 5.41) is 2.51. The van der Waals surface area contributed by atoms with Crippen molar-refractivity contribution in [3.05, 3.63) is 35.1 Å². The van der Waals surface area contributed by atoms with Gasteiger partial charge in [-0.05, 0) is 19.1 Å². The monoisotopic (exact) mass is 304 g/mol. The molecule has 21 heavy (non-hydrogen) atoms. The van der Waals surface area contributed by atoms with Gasteiger partial charge < -0.3 is 10.2 Å². The number of rotatable bonds is 1. The van der Waals surface area contributed by atoms with Gasteiger partial charge in [-0.1, -0.05) is 6.07 Å². The Kier molecular flexibility index (Phi) is 3.89. The molecule has 114 valence electrons. The van der Waals surface area contributed by atoms with Gasteiger partial charge in [-0.2, -0.15) is 13.2 Å². The zero-order valence-electron chi connectivity index (χ0n) is 11.0. The first-order valence-corrected chi connectivity index (χ1v) is 6.18. The largest absolute Gasteiger partial charge is 0.419 e. The molecular formula is C13H12F4N2O2. The number of nitrogens with one attached hydrogen (secondary N) is 1. The Bertz CT molecular complexity index is 586. The van der Waals surface area contributed by atoms with E-state index in [9.17, 15) is 27.2 Å². The molecule has 1 N–H and O–H groups in total. The first-order valence-electron chi connectivity index (χ1n) is 6.18. The molecule has 2 amide bonds. The molecule has 0 aliphatic carbocycles. The van der Waals surface area contributed by atoms with Crippen molar-refractivity contribution in [3.8, 4) is 0 Å². The van der Waals surface area contributed by atoms with Crippen molar-refractivity contribution in [2.75, 3.05) is 13.1 Å². The van der Waals surface area contributed by atoms with Crippen molar-refractivity contribution < 1.29 is 27.2 Å². The number of hydrogen-bond donors (Lipinski definition) is 1. The van der Waals surface area contributed by atoms with E-state index in [2.05, 4.69) is 5.32 Å². The standard InChI is InChI=1S/C13H12F4N2O2/c1-7-11(20)18-5-6-19(7)12(21)8-3-2-4-9(10(8)14)13(15,16)17/h2-4,7H,5-6H2,1H3,(H,18,20). The molecule has 1 aliphatic rings. The van der Waals surface area contributed by atoms with E-state index in [1.54, 1.807) is 0 Å². The van der Waals surface area contributed by atoms with Crippen LogP contribution >= 0.6 is 0 Å². The lowest BCUT2D eigenvalue weighted by Gasteiger charge is -2.33. The summed E-state index contributed by atoms with van der Waals surface area (Å²) in [6.45, 7) is 1.72. The molecule has 4 nitrogen and oxygen atoms in total. The van der Waals surface area contributed by atoms with E-state index >= 15 is 0 Å². The van der Waals surface area contributed by atoms with E-state index < -0.39 is 41.0 Å². The molecule has 0 radical (unpaired) electrons. The molecule has 1 aliphatic heterocycles. The zero-order chi connectivity index (χ0) is 15.8. The molecule has 0 saturated carbocycles. The van der Waals surface area contributed by atoms with Gasteiger partial charge in [-0.15, -0.1) is 0 Å². The molecular weight excluding hydrogens is 292 g/mol. The molecule has 1 atom stereocenters. The number of alkyl halides is 3. The van der Waals surface area contributed by atoms with Crippen molar-refractivity contribution in [2.45, 2.75) is 19.1 Å². The fourth-order valence-corrected chi connectivity index (χ4v) is 2.13. The highest BCUT2D eigenvalue weighted by atomic mass is 19.4. The average Bonchev–Trinajstić information content (AvgIpc) is 2.40. The van der Waals surface area contributed by atoms with Gasteiger partial charge in [0, 0.05) is 13.1 Å². The number of nitrogens with zero attached hydrogens (tertiary/aromatic N) is 1. The maximum atomic E-state index is 13.9. The Hall–Kier alpha value is -2.12. The summed E-state index contributed by atoms with van der Waals surface area (Å²) in [7, 11) is 0.